The molecule has 39 heavy (non-hydrogen) atoms. The Bertz CT molecular complexity index is 1350. The number of esters is 1. The molecule has 206 valence electrons. The Kier molecular flexibility index (Phi) is 7.96. The van der Waals surface area contributed by atoms with Crippen LogP contribution in [0.3, 0.4) is 0 Å². The molecule has 0 unspecified atom stereocenters. The Labute approximate surface area is 231 Å². The van der Waals surface area contributed by atoms with Crippen molar-refractivity contribution in [3.63, 3.8) is 0 Å². The first kappa shape index (κ1) is 27.2. The number of phenolic OH excluding ortho intramolecular Hbond substituents is 1. The summed E-state index contributed by atoms with van der Waals surface area (Å²) in [6.07, 6.45) is 2.28. The number of allylic oxidation sites excluding steroid dienone is 3. The zero-order valence-corrected chi connectivity index (χ0v) is 22.6. The van der Waals surface area contributed by atoms with Crippen LogP contribution in [0.15, 0.2) is 58.9 Å². The highest BCUT2D eigenvalue weighted by Gasteiger charge is 2.42. The van der Waals surface area contributed by atoms with E-state index in [2.05, 4.69) is 5.32 Å². The summed E-state index contributed by atoms with van der Waals surface area (Å²) >= 11 is 6.39. The van der Waals surface area contributed by atoms with Gasteiger partial charge in [-0.25, -0.2) is 9.18 Å². The zero-order valence-electron chi connectivity index (χ0n) is 21.9. The molecule has 0 radical (unpaired) electrons. The van der Waals surface area contributed by atoms with Crippen molar-refractivity contribution in [2.45, 2.75) is 57.5 Å². The van der Waals surface area contributed by atoms with Gasteiger partial charge in [-0.1, -0.05) is 23.7 Å². The highest BCUT2D eigenvalue weighted by Crippen LogP contribution is 2.48. The summed E-state index contributed by atoms with van der Waals surface area (Å²) < 4.78 is 30.4. The molecule has 1 fully saturated rings. The third-order valence-corrected chi connectivity index (χ3v) is 7.79. The number of hydrogen-bond donors (Lipinski definition) is 2. The highest BCUT2D eigenvalue weighted by molar-refractivity contribution is 6.32. The molecule has 0 bridgehead atoms. The fraction of sp³-hybridized carbons (Fsp3) is 0.400. The van der Waals surface area contributed by atoms with E-state index in [0.717, 1.165) is 18.4 Å². The first-order chi connectivity index (χ1) is 18.8. The molecule has 3 atom stereocenters. The minimum absolute atomic E-state index is 0.0498. The normalized spacial score (nSPS) is 23.0. The van der Waals surface area contributed by atoms with Gasteiger partial charge in [0.05, 0.1) is 23.3 Å². The maximum Gasteiger partial charge on any atom is 0.336 e. The molecule has 5 rings (SSSR count). The maximum atomic E-state index is 13.8. The third-order valence-electron chi connectivity index (χ3n) is 7.50. The van der Waals surface area contributed by atoms with Crippen LogP contribution >= 0.6 is 11.6 Å². The summed E-state index contributed by atoms with van der Waals surface area (Å²) in [5.41, 5.74) is 3.40. The lowest BCUT2D eigenvalue weighted by Crippen LogP contribution is -2.36. The number of carbonyl (C=O) groups excluding carboxylic acids is 2. The topological polar surface area (TPSA) is 94.1 Å². The van der Waals surface area contributed by atoms with E-state index in [9.17, 15) is 19.1 Å². The molecule has 0 amide bonds. The van der Waals surface area contributed by atoms with Gasteiger partial charge in [-0.2, -0.15) is 0 Å². The van der Waals surface area contributed by atoms with E-state index in [1.807, 2.05) is 0 Å². The van der Waals surface area contributed by atoms with Gasteiger partial charge < -0.3 is 24.6 Å². The monoisotopic (exact) mass is 555 g/mol. The largest absolute Gasteiger partial charge is 0.503 e. The number of hydrogen-bond acceptors (Lipinski definition) is 7. The average molecular weight is 556 g/mol. The number of aromatic hydroxyl groups is 1. The molecule has 2 aliphatic heterocycles. The van der Waals surface area contributed by atoms with Gasteiger partial charge in [-0.05, 0) is 74.4 Å². The molecule has 9 heteroatoms. The molecule has 1 saturated heterocycles. The van der Waals surface area contributed by atoms with Gasteiger partial charge in [0.1, 0.15) is 12.4 Å². The fourth-order valence-corrected chi connectivity index (χ4v) is 5.88. The number of rotatable bonds is 7. The van der Waals surface area contributed by atoms with Crippen molar-refractivity contribution < 1.29 is 33.3 Å². The van der Waals surface area contributed by atoms with Crippen LogP contribution < -0.4 is 10.1 Å². The summed E-state index contributed by atoms with van der Waals surface area (Å²) in [5.74, 6) is -2.00. The van der Waals surface area contributed by atoms with Gasteiger partial charge in [0, 0.05) is 35.9 Å². The standard InChI is InChI=1S/C30H31ClFNO6/c1-3-37-25-14-19(11-22(31)29(25)35)27-26(30(36)39-15-21-5-4-10-38-21)16(2)33-23-12-18(13-24(34)28(23)27)17-6-8-20(32)9-7-17/h6-9,11,14,18,21,27,33,35H,3-5,10,12-13,15H2,1-2H3/t18-,21+,27+/m1/s1. The van der Waals surface area contributed by atoms with Crippen LogP contribution in [0.1, 0.15) is 62.5 Å². The Morgan fingerprint density at radius 2 is 1.97 bits per heavy atom. The van der Waals surface area contributed by atoms with E-state index in [4.69, 9.17) is 25.8 Å². The Hall–Kier alpha value is -3.36. The van der Waals surface area contributed by atoms with Gasteiger partial charge in [0.2, 0.25) is 0 Å². The van der Waals surface area contributed by atoms with Gasteiger partial charge in [0.15, 0.2) is 17.3 Å². The Morgan fingerprint density at radius 3 is 2.67 bits per heavy atom. The second kappa shape index (κ2) is 11.4. The number of benzene rings is 2. The van der Waals surface area contributed by atoms with E-state index in [-0.39, 0.29) is 59.8 Å². The molecule has 2 aromatic carbocycles. The predicted molar refractivity (Wildman–Crippen MR) is 143 cm³/mol. The molecule has 0 spiro atoms. The lowest BCUT2D eigenvalue weighted by atomic mass is 9.71. The number of ketones is 1. The van der Waals surface area contributed by atoms with Crippen LogP contribution in [0.2, 0.25) is 5.02 Å². The molecular formula is C30H31ClFNO6. The van der Waals surface area contributed by atoms with Crippen molar-refractivity contribution in [3.05, 3.63) is 80.9 Å². The molecule has 1 aliphatic carbocycles. The van der Waals surface area contributed by atoms with Gasteiger partial charge in [0.25, 0.3) is 0 Å². The quantitative estimate of drug-likeness (QED) is 0.425. The minimum Gasteiger partial charge on any atom is -0.503 e. The number of halogens is 2. The van der Waals surface area contributed by atoms with Crippen LogP contribution in [-0.4, -0.2) is 42.8 Å². The van der Waals surface area contributed by atoms with Crippen LogP contribution in [0.5, 0.6) is 11.5 Å². The number of Topliss-reactive ketones (excluding diaryl/α,β-unsaturated/α-hetero) is 1. The van der Waals surface area contributed by atoms with E-state index >= 15 is 0 Å². The second-order valence-corrected chi connectivity index (χ2v) is 10.5. The minimum atomic E-state index is -0.780. The summed E-state index contributed by atoms with van der Waals surface area (Å²) in [7, 11) is 0. The van der Waals surface area contributed by atoms with Crippen molar-refractivity contribution >= 4 is 23.4 Å². The van der Waals surface area contributed by atoms with Crippen LogP contribution in [-0.2, 0) is 19.1 Å². The van der Waals surface area contributed by atoms with Crippen molar-refractivity contribution in [3.8, 4) is 11.5 Å². The molecule has 0 aromatic heterocycles. The summed E-state index contributed by atoms with van der Waals surface area (Å²) in [6.45, 7) is 4.60. The van der Waals surface area contributed by atoms with Crippen molar-refractivity contribution in [2.75, 3.05) is 19.8 Å². The van der Waals surface area contributed by atoms with Crippen LogP contribution in [0.25, 0.3) is 0 Å². The molecular weight excluding hydrogens is 525 g/mol. The van der Waals surface area contributed by atoms with E-state index in [1.54, 1.807) is 38.1 Å². The molecule has 2 aromatic rings. The number of phenols is 1. The van der Waals surface area contributed by atoms with Crippen molar-refractivity contribution in [1.82, 2.24) is 5.32 Å². The molecule has 2 N–H and O–H groups in total. The summed E-state index contributed by atoms with van der Waals surface area (Å²) in [6, 6.07) is 9.35. The van der Waals surface area contributed by atoms with E-state index in [1.165, 1.54) is 12.1 Å². The number of dihydropyridines is 1. The highest BCUT2D eigenvalue weighted by atomic mass is 35.5. The van der Waals surface area contributed by atoms with Crippen molar-refractivity contribution in [2.24, 2.45) is 0 Å². The van der Waals surface area contributed by atoms with Gasteiger partial charge in [-0.15, -0.1) is 0 Å². The predicted octanol–water partition coefficient (Wildman–Crippen LogP) is 5.67. The first-order valence-corrected chi connectivity index (χ1v) is 13.6. The average Bonchev–Trinajstić information content (AvgIpc) is 3.43. The smallest absolute Gasteiger partial charge is 0.336 e. The SMILES string of the molecule is CCOc1cc([C@H]2C(C(=O)OC[C@@H]3CCCO3)=C(C)NC3=C2C(=O)C[C@H](c2ccc(F)cc2)C3)cc(Cl)c1O. The maximum absolute atomic E-state index is 13.8. The molecule has 2 heterocycles. The fourth-order valence-electron chi connectivity index (χ4n) is 5.66. The Morgan fingerprint density at radius 1 is 1.21 bits per heavy atom. The molecule has 3 aliphatic rings. The Balaban J connectivity index is 1.56. The lowest BCUT2D eigenvalue weighted by Gasteiger charge is -2.37. The summed E-state index contributed by atoms with van der Waals surface area (Å²) in [5, 5.41) is 13.8. The number of carbonyl (C=O) groups is 2. The van der Waals surface area contributed by atoms with Gasteiger partial charge in [-0.3, -0.25) is 4.79 Å². The summed E-state index contributed by atoms with van der Waals surface area (Å²) in [4.78, 5) is 27.3. The molecule has 7 nitrogen and oxygen atoms in total. The van der Waals surface area contributed by atoms with Crippen LogP contribution in [0.4, 0.5) is 4.39 Å². The zero-order chi connectivity index (χ0) is 27.7. The molecule has 0 saturated carbocycles. The lowest BCUT2D eigenvalue weighted by molar-refractivity contribution is -0.142. The first-order valence-electron chi connectivity index (χ1n) is 13.2. The number of nitrogens with one attached hydrogen (secondary N) is 1. The van der Waals surface area contributed by atoms with Crippen LogP contribution in [0, 0.1) is 5.82 Å². The number of ether oxygens (including phenoxy) is 3. The van der Waals surface area contributed by atoms with E-state index < -0.39 is 11.9 Å². The van der Waals surface area contributed by atoms with Gasteiger partial charge >= 0.3 is 5.97 Å². The van der Waals surface area contributed by atoms with E-state index in [0.29, 0.717) is 41.1 Å². The third kappa shape index (κ3) is 5.54. The van der Waals surface area contributed by atoms with Crippen molar-refractivity contribution in [1.29, 1.82) is 0 Å². The second-order valence-electron chi connectivity index (χ2n) is 10.1.